The minimum absolute atomic E-state index is 0.342. The van der Waals surface area contributed by atoms with E-state index in [0.717, 1.165) is 31.4 Å². The summed E-state index contributed by atoms with van der Waals surface area (Å²) in [7, 11) is 0. The first kappa shape index (κ1) is 15.7. The number of hydrogen-bond acceptors (Lipinski definition) is 2. The SMILES string of the molecule is CC(C)CCNC(N)=NCc1c(O)ccc2c1CCCC2. The molecule has 0 saturated carbocycles. The highest BCUT2D eigenvalue weighted by Crippen LogP contribution is 2.30. The molecule has 116 valence electrons. The second kappa shape index (κ2) is 7.34. The number of benzene rings is 1. The van der Waals surface area contributed by atoms with E-state index in [1.54, 1.807) is 6.07 Å². The second-order valence-corrected chi connectivity index (χ2v) is 6.22. The number of aromatic hydroxyl groups is 1. The molecule has 0 heterocycles. The molecule has 21 heavy (non-hydrogen) atoms. The van der Waals surface area contributed by atoms with E-state index in [2.05, 4.69) is 24.2 Å². The number of phenols is 1. The maximum Gasteiger partial charge on any atom is 0.188 e. The van der Waals surface area contributed by atoms with Crippen LogP contribution in [0.25, 0.3) is 0 Å². The molecule has 0 unspecified atom stereocenters. The standard InChI is InChI=1S/C17H27N3O/c1-12(2)9-10-19-17(18)20-11-15-14-6-4-3-5-13(14)7-8-16(15)21/h7-8,12,21H,3-6,9-11H2,1-2H3,(H3,18,19,20). The third kappa shape index (κ3) is 4.38. The Kier molecular flexibility index (Phi) is 5.48. The van der Waals surface area contributed by atoms with E-state index in [1.165, 1.54) is 24.0 Å². The van der Waals surface area contributed by atoms with E-state index >= 15 is 0 Å². The Balaban J connectivity index is 2.02. The highest BCUT2D eigenvalue weighted by Gasteiger charge is 2.16. The van der Waals surface area contributed by atoms with Gasteiger partial charge in [0.1, 0.15) is 5.75 Å². The molecule has 0 fully saturated rings. The number of hydrogen-bond donors (Lipinski definition) is 3. The van der Waals surface area contributed by atoms with Gasteiger partial charge in [-0.15, -0.1) is 0 Å². The maximum absolute atomic E-state index is 10.1. The molecule has 0 spiro atoms. The van der Waals surface area contributed by atoms with E-state index in [-0.39, 0.29) is 0 Å². The summed E-state index contributed by atoms with van der Waals surface area (Å²) in [5, 5.41) is 13.2. The molecule has 0 saturated heterocycles. The Morgan fingerprint density at radius 1 is 1.33 bits per heavy atom. The molecule has 4 heteroatoms. The molecular weight excluding hydrogens is 262 g/mol. The molecule has 0 aromatic heterocycles. The van der Waals surface area contributed by atoms with Crippen molar-refractivity contribution >= 4 is 5.96 Å². The van der Waals surface area contributed by atoms with Crippen LogP contribution in [0.1, 0.15) is 49.8 Å². The number of nitrogens with two attached hydrogens (primary N) is 1. The van der Waals surface area contributed by atoms with Gasteiger partial charge in [-0.2, -0.15) is 0 Å². The Morgan fingerprint density at radius 3 is 2.86 bits per heavy atom. The van der Waals surface area contributed by atoms with Crippen LogP contribution in [0.3, 0.4) is 0 Å². The van der Waals surface area contributed by atoms with Gasteiger partial charge in [0.25, 0.3) is 0 Å². The lowest BCUT2D eigenvalue weighted by Crippen LogP contribution is -2.33. The minimum atomic E-state index is 0.342. The van der Waals surface area contributed by atoms with E-state index in [1.807, 2.05) is 6.07 Å². The summed E-state index contributed by atoms with van der Waals surface area (Å²) >= 11 is 0. The summed E-state index contributed by atoms with van der Waals surface area (Å²) < 4.78 is 0. The largest absolute Gasteiger partial charge is 0.508 e. The van der Waals surface area contributed by atoms with E-state index < -0.39 is 0 Å². The van der Waals surface area contributed by atoms with E-state index in [0.29, 0.717) is 24.2 Å². The van der Waals surface area contributed by atoms with Crippen LogP contribution in [-0.2, 0) is 19.4 Å². The Hall–Kier alpha value is -1.71. The third-order valence-electron chi connectivity index (χ3n) is 4.06. The van der Waals surface area contributed by atoms with Crippen molar-refractivity contribution in [3.05, 3.63) is 28.8 Å². The van der Waals surface area contributed by atoms with Gasteiger partial charge in [0.05, 0.1) is 6.54 Å². The normalized spacial score (nSPS) is 15.1. The fourth-order valence-corrected chi connectivity index (χ4v) is 2.78. The van der Waals surface area contributed by atoms with Crippen LogP contribution < -0.4 is 11.1 Å². The van der Waals surface area contributed by atoms with Crippen LogP contribution in [0.2, 0.25) is 0 Å². The molecular formula is C17H27N3O. The molecule has 1 aliphatic carbocycles. The van der Waals surface area contributed by atoms with Crippen molar-refractivity contribution in [3.8, 4) is 5.75 Å². The fourth-order valence-electron chi connectivity index (χ4n) is 2.78. The molecule has 2 rings (SSSR count). The van der Waals surface area contributed by atoms with Crippen molar-refractivity contribution in [3.63, 3.8) is 0 Å². The van der Waals surface area contributed by atoms with Gasteiger partial charge in [-0.1, -0.05) is 19.9 Å². The lowest BCUT2D eigenvalue weighted by Gasteiger charge is -2.19. The number of rotatable bonds is 5. The summed E-state index contributed by atoms with van der Waals surface area (Å²) in [5.41, 5.74) is 9.47. The molecule has 1 aromatic carbocycles. The van der Waals surface area contributed by atoms with Crippen LogP contribution in [-0.4, -0.2) is 17.6 Å². The van der Waals surface area contributed by atoms with Gasteiger partial charge in [-0.25, -0.2) is 4.99 Å². The lowest BCUT2D eigenvalue weighted by atomic mass is 9.88. The molecule has 0 amide bonds. The Morgan fingerprint density at radius 2 is 2.10 bits per heavy atom. The molecule has 0 bridgehead atoms. The van der Waals surface area contributed by atoms with Crippen molar-refractivity contribution in [2.45, 2.75) is 52.5 Å². The van der Waals surface area contributed by atoms with Crippen LogP contribution in [0.5, 0.6) is 5.75 Å². The van der Waals surface area contributed by atoms with Gasteiger partial charge < -0.3 is 16.2 Å². The summed E-state index contributed by atoms with van der Waals surface area (Å²) in [6.45, 7) is 5.66. The average molecular weight is 289 g/mol. The number of nitrogens with zero attached hydrogens (tertiary/aromatic N) is 1. The predicted molar refractivity (Wildman–Crippen MR) is 87.5 cm³/mol. The Bertz CT molecular complexity index is 509. The molecule has 4 nitrogen and oxygen atoms in total. The first-order valence-corrected chi connectivity index (χ1v) is 7.94. The first-order valence-electron chi connectivity index (χ1n) is 7.94. The summed E-state index contributed by atoms with van der Waals surface area (Å²) in [6.07, 6.45) is 5.64. The summed E-state index contributed by atoms with van der Waals surface area (Å²) in [6, 6.07) is 3.83. The number of aliphatic imine (C=N–C) groups is 1. The zero-order chi connectivity index (χ0) is 15.2. The van der Waals surface area contributed by atoms with Gasteiger partial charge in [-0.3, -0.25) is 0 Å². The van der Waals surface area contributed by atoms with Crippen molar-refractivity contribution < 1.29 is 5.11 Å². The van der Waals surface area contributed by atoms with Crippen LogP contribution >= 0.6 is 0 Å². The highest BCUT2D eigenvalue weighted by molar-refractivity contribution is 5.77. The zero-order valence-electron chi connectivity index (χ0n) is 13.2. The monoisotopic (exact) mass is 289 g/mol. The van der Waals surface area contributed by atoms with Crippen LogP contribution in [0, 0.1) is 5.92 Å². The topological polar surface area (TPSA) is 70.6 Å². The van der Waals surface area contributed by atoms with E-state index in [4.69, 9.17) is 5.73 Å². The van der Waals surface area contributed by atoms with Gasteiger partial charge in [0.15, 0.2) is 5.96 Å². The first-order chi connectivity index (χ1) is 10.1. The second-order valence-electron chi connectivity index (χ2n) is 6.22. The number of guanidine groups is 1. The van der Waals surface area contributed by atoms with Crippen LogP contribution in [0.15, 0.2) is 17.1 Å². The van der Waals surface area contributed by atoms with Crippen molar-refractivity contribution in [1.82, 2.24) is 5.32 Å². The molecule has 1 aromatic rings. The average Bonchev–Trinajstić information content (AvgIpc) is 2.46. The summed E-state index contributed by atoms with van der Waals surface area (Å²) in [5.74, 6) is 1.45. The highest BCUT2D eigenvalue weighted by atomic mass is 16.3. The molecule has 4 N–H and O–H groups in total. The smallest absolute Gasteiger partial charge is 0.188 e. The number of nitrogens with one attached hydrogen (secondary N) is 1. The quantitative estimate of drug-likeness (QED) is 0.576. The molecule has 0 atom stereocenters. The summed E-state index contributed by atoms with van der Waals surface area (Å²) in [4.78, 5) is 4.38. The third-order valence-corrected chi connectivity index (χ3v) is 4.06. The number of aryl methyl sites for hydroxylation is 1. The Labute approximate surface area is 127 Å². The van der Waals surface area contributed by atoms with E-state index in [9.17, 15) is 5.11 Å². The van der Waals surface area contributed by atoms with Gasteiger partial charge in [-0.05, 0) is 55.2 Å². The van der Waals surface area contributed by atoms with Gasteiger partial charge in [0, 0.05) is 12.1 Å². The molecule has 0 aliphatic heterocycles. The van der Waals surface area contributed by atoms with Gasteiger partial charge in [0.2, 0.25) is 0 Å². The zero-order valence-corrected chi connectivity index (χ0v) is 13.2. The predicted octanol–water partition coefficient (Wildman–Crippen LogP) is 2.72. The minimum Gasteiger partial charge on any atom is -0.508 e. The lowest BCUT2D eigenvalue weighted by molar-refractivity contribution is 0.465. The van der Waals surface area contributed by atoms with Crippen molar-refractivity contribution in [1.29, 1.82) is 0 Å². The fraction of sp³-hybridized carbons (Fsp3) is 0.588. The molecule has 1 aliphatic rings. The van der Waals surface area contributed by atoms with Gasteiger partial charge >= 0.3 is 0 Å². The number of phenolic OH excluding ortho intramolecular Hbond substituents is 1. The number of fused-ring (bicyclic) bond motifs is 1. The molecule has 0 radical (unpaired) electrons. The van der Waals surface area contributed by atoms with Crippen LogP contribution in [0.4, 0.5) is 0 Å². The maximum atomic E-state index is 10.1. The van der Waals surface area contributed by atoms with Crippen molar-refractivity contribution in [2.75, 3.05) is 6.54 Å². The van der Waals surface area contributed by atoms with Crippen molar-refractivity contribution in [2.24, 2.45) is 16.6 Å².